The van der Waals surface area contributed by atoms with Crippen LogP contribution < -0.4 is 10.9 Å². The molecule has 1 unspecified atom stereocenters. The first-order chi connectivity index (χ1) is 10.1. The highest BCUT2D eigenvalue weighted by molar-refractivity contribution is 9.10. The van der Waals surface area contributed by atoms with E-state index in [1.54, 1.807) is 6.20 Å². The third-order valence-corrected chi connectivity index (χ3v) is 4.10. The molecule has 0 amide bonds. The lowest BCUT2D eigenvalue weighted by Gasteiger charge is -2.29. The van der Waals surface area contributed by atoms with Crippen molar-refractivity contribution in [3.8, 4) is 0 Å². The maximum absolute atomic E-state index is 12.0. The van der Waals surface area contributed by atoms with Crippen LogP contribution in [0.2, 0.25) is 0 Å². The van der Waals surface area contributed by atoms with Crippen LogP contribution in [0.1, 0.15) is 6.92 Å². The van der Waals surface area contributed by atoms with Gasteiger partial charge in [0.15, 0.2) is 0 Å². The molecule has 21 heavy (non-hydrogen) atoms. The van der Waals surface area contributed by atoms with Crippen LogP contribution >= 0.6 is 15.9 Å². The van der Waals surface area contributed by atoms with E-state index in [-0.39, 0.29) is 24.8 Å². The van der Waals surface area contributed by atoms with Crippen LogP contribution in [0, 0.1) is 0 Å². The van der Waals surface area contributed by atoms with Gasteiger partial charge < -0.3 is 15.2 Å². The number of aliphatic hydroxyl groups excluding tert-OH is 1. The van der Waals surface area contributed by atoms with Crippen LogP contribution in [-0.4, -0.2) is 65.3 Å². The topological polar surface area (TPSA) is 79.6 Å². The molecule has 118 valence electrons. The van der Waals surface area contributed by atoms with Crippen molar-refractivity contribution in [2.24, 2.45) is 0 Å². The van der Waals surface area contributed by atoms with E-state index in [9.17, 15) is 4.79 Å². The third-order valence-electron chi connectivity index (χ3n) is 3.33. The second-order valence-electron chi connectivity index (χ2n) is 5.08. The predicted octanol–water partition coefficient (Wildman–Crippen LogP) is 0.131. The van der Waals surface area contributed by atoms with Crippen molar-refractivity contribution in [3.63, 3.8) is 0 Å². The molecule has 0 saturated carbocycles. The predicted molar refractivity (Wildman–Crippen MR) is 83.6 cm³/mol. The molecule has 1 aliphatic rings. The Morgan fingerprint density at radius 1 is 1.52 bits per heavy atom. The largest absolute Gasteiger partial charge is 0.394 e. The standard InChI is InChI=1S/C13H21BrN4O3/c1-10(9-17-3-6-21-7-4-17)16-11-8-15-18(2-5-19)13(20)12(11)14/h8,10,16,19H,2-7,9H2,1H3. The van der Waals surface area contributed by atoms with E-state index in [0.717, 1.165) is 32.8 Å². The van der Waals surface area contributed by atoms with Gasteiger partial charge in [-0.2, -0.15) is 5.10 Å². The Labute approximate surface area is 132 Å². The third kappa shape index (κ3) is 4.50. The Morgan fingerprint density at radius 2 is 2.24 bits per heavy atom. The second-order valence-corrected chi connectivity index (χ2v) is 5.88. The monoisotopic (exact) mass is 360 g/mol. The van der Waals surface area contributed by atoms with Crippen LogP contribution in [0.4, 0.5) is 5.69 Å². The van der Waals surface area contributed by atoms with Crippen molar-refractivity contribution in [1.29, 1.82) is 0 Å². The van der Waals surface area contributed by atoms with Gasteiger partial charge in [-0.15, -0.1) is 0 Å². The number of halogens is 1. The van der Waals surface area contributed by atoms with Crippen molar-refractivity contribution in [3.05, 3.63) is 21.0 Å². The molecule has 1 aromatic heterocycles. The zero-order valence-electron chi connectivity index (χ0n) is 12.1. The fourth-order valence-electron chi connectivity index (χ4n) is 2.30. The number of hydrogen-bond acceptors (Lipinski definition) is 6. The number of hydrogen-bond donors (Lipinski definition) is 2. The molecule has 0 radical (unpaired) electrons. The smallest absolute Gasteiger partial charge is 0.283 e. The number of morpholine rings is 1. The van der Waals surface area contributed by atoms with Crippen LogP contribution in [0.3, 0.4) is 0 Å². The zero-order chi connectivity index (χ0) is 15.2. The van der Waals surface area contributed by atoms with E-state index in [4.69, 9.17) is 9.84 Å². The van der Waals surface area contributed by atoms with Gasteiger partial charge in [-0.3, -0.25) is 9.69 Å². The summed E-state index contributed by atoms with van der Waals surface area (Å²) in [6.07, 6.45) is 1.61. The van der Waals surface area contributed by atoms with E-state index in [1.165, 1.54) is 4.68 Å². The van der Waals surface area contributed by atoms with Crippen molar-refractivity contribution in [2.75, 3.05) is 44.8 Å². The lowest BCUT2D eigenvalue weighted by molar-refractivity contribution is 0.0368. The number of aliphatic hydroxyl groups is 1. The highest BCUT2D eigenvalue weighted by atomic mass is 79.9. The van der Waals surface area contributed by atoms with Crippen molar-refractivity contribution < 1.29 is 9.84 Å². The lowest BCUT2D eigenvalue weighted by Crippen LogP contribution is -2.42. The molecule has 0 bridgehead atoms. The first-order valence-electron chi connectivity index (χ1n) is 7.05. The molecule has 1 aromatic rings. The van der Waals surface area contributed by atoms with Gasteiger partial charge in [0.2, 0.25) is 0 Å². The average molecular weight is 361 g/mol. The molecule has 2 rings (SSSR count). The number of rotatable bonds is 6. The lowest BCUT2D eigenvalue weighted by atomic mass is 10.2. The summed E-state index contributed by atoms with van der Waals surface area (Å²) in [7, 11) is 0. The van der Waals surface area contributed by atoms with Gasteiger partial charge in [-0.05, 0) is 22.9 Å². The van der Waals surface area contributed by atoms with E-state index >= 15 is 0 Å². The van der Waals surface area contributed by atoms with Gasteiger partial charge in [0.25, 0.3) is 5.56 Å². The van der Waals surface area contributed by atoms with Gasteiger partial charge >= 0.3 is 0 Å². The van der Waals surface area contributed by atoms with E-state index in [0.29, 0.717) is 10.2 Å². The Morgan fingerprint density at radius 3 is 2.90 bits per heavy atom. The first-order valence-corrected chi connectivity index (χ1v) is 7.84. The summed E-state index contributed by atoms with van der Waals surface area (Å²) in [6, 6.07) is 0.189. The number of nitrogens with zero attached hydrogens (tertiary/aromatic N) is 3. The summed E-state index contributed by atoms with van der Waals surface area (Å²) in [5.41, 5.74) is 0.433. The maximum Gasteiger partial charge on any atom is 0.283 e. The molecule has 0 spiro atoms. The molecule has 2 N–H and O–H groups in total. The minimum Gasteiger partial charge on any atom is -0.394 e. The molecule has 0 aliphatic carbocycles. The number of anilines is 1. The molecular weight excluding hydrogens is 340 g/mol. The summed E-state index contributed by atoms with van der Waals surface area (Å²) in [5, 5.41) is 16.2. The Balaban J connectivity index is 1.98. The van der Waals surface area contributed by atoms with E-state index < -0.39 is 0 Å². The van der Waals surface area contributed by atoms with Gasteiger partial charge in [-0.25, -0.2) is 4.68 Å². The quantitative estimate of drug-likeness (QED) is 0.750. The zero-order valence-corrected chi connectivity index (χ0v) is 13.7. The Bertz CT molecular complexity index is 517. The summed E-state index contributed by atoms with van der Waals surface area (Å²) in [4.78, 5) is 14.4. The molecule has 1 atom stereocenters. The van der Waals surface area contributed by atoms with E-state index in [1.807, 2.05) is 0 Å². The Kier molecular flexibility index (Phi) is 6.16. The molecule has 8 heteroatoms. The van der Waals surface area contributed by atoms with Crippen molar-refractivity contribution in [2.45, 2.75) is 19.5 Å². The summed E-state index contributed by atoms with van der Waals surface area (Å²) >= 11 is 3.30. The highest BCUT2D eigenvalue weighted by Crippen LogP contribution is 2.17. The van der Waals surface area contributed by atoms with Crippen molar-refractivity contribution in [1.82, 2.24) is 14.7 Å². The van der Waals surface area contributed by atoms with Gasteiger partial charge in [-0.1, -0.05) is 0 Å². The fourth-order valence-corrected chi connectivity index (χ4v) is 2.72. The summed E-state index contributed by atoms with van der Waals surface area (Å²) in [6.45, 7) is 6.45. The summed E-state index contributed by atoms with van der Waals surface area (Å²) in [5.74, 6) is 0. The molecule has 2 heterocycles. The van der Waals surface area contributed by atoms with Crippen LogP contribution in [0.25, 0.3) is 0 Å². The first kappa shape index (κ1) is 16.4. The highest BCUT2D eigenvalue weighted by Gasteiger charge is 2.15. The van der Waals surface area contributed by atoms with Crippen LogP contribution in [-0.2, 0) is 11.3 Å². The van der Waals surface area contributed by atoms with Crippen LogP contribution in [0.15, 0.2) is 15.5 Å². The molecule has 1 fully saturated rings. The van der Waals surface area contributed by atoms with Gasteiger partial charge in [0, 0.05) is 25.7 Å². The molecule has 7 nitrogen and oxygen atoms in total. The normalized spacial score (nSPS) is 17.7. The summed E-state index contributed by atoms with van der Waals surface area (Å²) < 4.78 is 7.01. The Hall–Kier alpha value is -0.960. The molecule has 1 aliphatic heterocycles. The fraction of sp³-hybridized carbons (Fsp3) is 0.692. The SMILES string of the molecule is CC(CN1CCOCC1)Nc1cnn(CCO)c(=O)c1Br. The molecular formula is C13H21BrN4O3. The minimum atomic E-state index is -0.243. The number of aromatic nitrogens is 2. The molecule has 1 saturated heterocycles. The minimum absolute atomic E-state index is 0.112. The van der Waals surface area contributed by atoms with Crippen LogP contribution in [0.5, 0.6) is 0 Å². The van der Waals surface area contributed by atoms with Gasteiger partial charge in [0.1, 0.15) is 4.47 Å². The number of nitrogens with one attached hydrogen (secondary N) is 1. The number of ether oxygens (including phenoxy) is 1. The van der Waals surface area contributed by atoms with Crippen molar-refractivity contribution >= 4 is 21.6 Å². The van der Waals surface area contributed by atoms with E-state index in [2.05, 4.69) is 38.2 Å². The van der Waals surface area contributed by atoms with Gasteiger partial charge in [0.05, 0.1) is 38.2 Å². The molecule has 0 aromatic carbocycles. The maximum atomic E-state index is 12.0. The average Bonchev–Trinajstić information content (AvgIpc) is 2.48. The second kappa shape index (κ2) is 7.88.